The van der Waals surface area contributed by atoms with Crippen LogP contribution in [0.5, 0.6) is 0 Å². The summed E-state index contributed by atoms with van der Waals surface area (Å²) in [7, 11) is 8.00. The first kappa shape index (κ1) is 24.2. The van der Waals surface area contributed by atoms with Crippen molar-refractivity contribution in [3.8, 4) is 0 Å². The Morgan fingerprint density at radius 1 is 0.833 bits per heavy atom. The molecule has 1 heterocycles. The molecule has 0 fully saturated rings. The first-order chi connectivity index (χ1) is 17.0. The minimum absolute atomic E-state index is 0.132. The molecular weight excluding hydrogens is 472 g/mol. The smallest absolute Gasteiger partial charge is 0.335 e. The molecule has 36 heavy (non-hydrogen) atoms. The number of anilines is 2. The fourth-order valence-electron chi connectivity index (χ4n) is 5.75. The first-order valence-electron chi connectivity index (χ1n) is 11.7. The number of rotatable bonds is 4. The summed E-state index contributed by atoms with van der Waals surface area (Å²) in [5, 5.41) is 16.1. The molecule has 3 aromatic rings. The van der Waals surface area contributed by atoms with Crippen molar-refractivity contribution in [2.45, 2.75) is 24.8 Å². The van der Waals surface area contributed by atoms with Crippen LogP contribution in [0.2, 0.25) is 0 Å². The van der Waals surface area contributed by atoms with Crippen LogP contribution in [-0.4, -0.2) is 49.5 Å². The predicted octanol–water partition coefficient (Wildman–Crippen LogP) is 4.43. The van der Waals surface area contributed by atoms with Crippen LogP contribution in [0.15, 0.2) is 54.6 Å². The predicted molar refractivity (Wildman–Crippen MR) is 145 cm³/mol. The summed E-state index contributed by atoms with van der Waals surface area (Å²) in [6.45, 7) is 4.39. The number of benzene rings is 3. The van der Waals surface area contributed by atoms with Crippen LogP contribution in [0.25, 0.3) is 0 Å². The van der Waals surface area contributed by atoms with Crippen LogP contribution >= 0.6 is 12.1 Å². The Hall–Kier alpha value is -3.49. The van der Waals surface area contributed by atoms with Crippen LogP contribution < -0.4 is 14.9 Å². The Morgan fingerprint density at radius 2 is 1.36 bits per heavy atom. The van der Waals surface area contributed by atoms with E-state index in [-0.39, 0.29) is 11.5 Å². The summed E-state index contributed by atoms with van der Waals surface area (Å²) in [4.78, 5) is 29.9. The molecule has 3 N–H and O–H groups in total. The maximum absolute atomic E-state index is 13.8. The second-order valence-corrected chi connectivity index (χ2v) is 10.9. The summed E-state index contributed by atoms with van der Waals surface area (Å²) in [6, 6.07) is 17.3. The van der Waals surface area contributed by atoms with Gasteiger partial charge in [-0.2, -0.15) is 0 Å². The van der Waals surface area contributed by atoms with Crippen LogP contribution in [0, 0.1) is 0 Å². The van der Waals surface area contributed by atoms with E-state index in [0.29, 0.717) is 11.1 Å². The fraction of sp³-hybridized carbons (Fsp3) is 0.286. The SMILES string of the molecule is CN(C)c1ccc2c(c1)C(C)(C)c1cc(N(C)C)ccc1C21c2cc(C(=O)O)ccc2C(=O)N1SN. The van der Waals surface area contributed by atoms with Gasteiger partial charge in [0.15, 0.2) is 0 Å². The molecule has 2 aliphatic rings. The minimum atomic E-state index is -1.08. The van der Waals surface area contributed by atoms with Crippen molar-refractivity contribution in [3.05, 3.63) is 93.5 Å². The largest absolute Gasteiger partial charge is 0.478 e. The number of fused-ring (bicyclic) bond motifs is 6. The summed E-state index contributed by atoms with van der Waals surface area (Å²) in [6.07, 6.45) is 0. The molecule has 8 heteroatoms. The highest BCUT2D eigenvalue weighted by Gasteiger charge is 2.58. The molecule has 5 rings (SSSR count). The molecule has 7 nitrogen and oxygen atoms in total. The molecule has 0 aromatic heterocycles. The number of carboxylic acids is 1. The Kier molecular flexibility index (Phi) is 5.39. The van der Waals surface area contributed by atoms with E-state index in [0.717, 1.165) is 45.8 Å². The number of hydrogen-bond acceptors (Lipinski definition) is 6. The van der Waals surface area contributed by atoms with Crippen molar-refractivity contribution in [2.75, 3.05) is 38.0 Å². The van der Waals surface area contributed by atoms with Crippen LogP contribution in [0.1, 0.15) is 62.4 Å². The quantitative estimate of drug-likeness (QED) is 0.510. The molecule has 0 saturated heterocycles. The van der Waals surface area contributed by atoms with Crippen molar-refractivity contribution in [1.82, 2.24) is 4.31 Å². The number of nitrogens with zero attached hydrogens (tertiary/aromatic N) is 3. The van der Waals surface area contributed by atoms with Gasteiger partial charge in [0.1, 0.15) is 5.54 Å². The van der Waals surface area contributed by atoms with E-state index in [1.165, 1.54) is 6.07 Å². The zero-order chi connectivity index (χ0) is 26.2. The molecule has 0 bridgehead atoms. The molecule has 0 unspecified atom stereocenters. The van der Waals surface area contributed by atoms with Crippen molar-refractivity contribution in [1.29, 1.82) is 0 Å². The highest BCUT2D eigenvalue weighted by Crippen LogP contribution is 2.59. The van der Waals surface area contributed by atoms with Crippen molar-refractivity contribution >= 4 is 35.4 Å². The second-order valence-electron chi connectivity index (χ2n) is 10.4. The average molecular weight is 503 g/mol. The lowest BCUT2D eigenvalue weighted by atomic mass is 9.60. The third-order valence-corrected chi connectivity index (χ3v) is 8.30. The van der Waals surface area contributed by atoms with Gasteiger partial charge in [0.2, 0.25) is 0 Å². The van der Waals surface area contributed by atoms with Gasteiger partial charge >= 0.3 is 5.97 Å². The van der Waals surface area contributed by atoms with E-state index in [1.54, 1.807) is 16.4 Å². The maximum Gasteiger partial charge on any atom is 0.335 e. The van der Waals surface area contributed by atoms with Crippen LogP contribution in [0.4, 0.5) is 11.4 Å². The third kappa shape index (κ3) is 3.04. The third-order valence-electron chi connectivity index (χ3n) is 7.65. The van der Waals surface area contributed by atoms with Gasteiger partial charge in [0.25, 0.3) is 5.91 Å². The van der Waals surface area contributed by atoms with Crippen molar-refractivity contribution in [3.63, 3.8) is 0 Å². The normalized spacial score (nSPS) is 16.4. The van der Waals surface area contributed by atoms with E-state index in [2.05, 4.69) is 47.9 Å². The van der Waals surface area contributed by atoms with Crippen molar-refractivity contribution < 1.29 is 14.7 Å². The van der Waals surface area contributed by atoms with E-state index >= 15 is 0 Å². The van der Waals surface area contributed by atoms with Gasteiger partial charge in [-0.3, -0.25) is 9.93 Å². The minimum Gasteiger partial charge on any atom is -0.478 e. The average Bonchev–Trinajstić information content (AvgIpc) is 3.10. The molecule has 0 atom stereocenters. The molecule has 1 aliphatic carbocycles. The first-order valence-corrected chi connectivity index (χ1v) is 12.5. The van der Waals surface area contributed by atoms with E-state index in [1.807, 2.05) is 40.3 Å². The number of carbonyl (C=O) groups is 2. The summed E-state index contributed by atoms with van der Waals surface area (Å²) < 4.78 is 1.61. The lowest BCUT2D eigenvalue weighted by Crippen LogP contribution is -2.48. The number of carboxylic acid groups (broad SMARTS) is 1. The molecule has 0 radical (unpaired) electrons. The summed E-state index contributed by atoms with van der Waals surface area (Å²) >= 11 is 0.881. The van der Waals surface area contributed by atoms with E-state index in [4.69, 9.17) is 5.14 Å². The van der Waals surface area contributed by atoms with Crippen LogP contribution in [0.3, 0.4) is 0 Å². The van der Waals surface area contributed by atoms with Gasteiger partial charge in [-0.1, -0.05) is 26.0 Å². The molecule has 1 amide bonds. The number of carbonyl (C=O) groups excluding carboxylic acids is 1. The molecule has 1 spiro atoms. The fourth-order valence-corrected chi connectivity index (χ4v) is 6.39. The molecule has 3 aromatic carbocycles. The zero-order valence-electron chi connectivity index (χ0n) is 21.3. The monoisotopic (exact) mass is 502 g/mol. The number of nitrogens with two attached hydrogens (primary N) is 1. The van der Waals surface area contributed by atoms with E-state index < -0.39 is 16.9 Å². The molecule has 186 valence electrons. The summed E-state index contributed by atoms with van der Waals surface area (Å²) in [5.41, 5.74) is 5.83. The number of hydrogen-bond donors (Lipinski definition) is 2. The second kappa shape index (κ2) is 8.01. The van der Waals surface area contributed by atoms with Gasteiger partial charge in [-0.05, 0) is 64.7 Å². The van der Waals surface area contributed by atoms with Gasteiger partial charge < -0.3 is 14.9 Å². The topological polar surface area (TPSA) is 90.1 Å². The highest BCUT2D eigenvalue weighted by molar-refractivity contribution is 7.95. The van der Waals surface area contributed by atoms with Crippen LogP contribution in [-0.2, 0) is 11.0 Å². The Bertz CT molecular complexity index is 1370. The zero-order valence-corrected chi connectivity index (χ0v) is 22.1. The van der Waals surface area contributed by atoms with E-state index in [9.17, 15) is 14.7 Å². The Labute approximate surface area is 215 Å². The molecular formula is C28H30N4O3S. The lowest BCUT2D eigenvalue weighted by molar-refractivity contribution is 0.0696. The summed E-state index contributed by atoms with van der Waals surface area (Å²) in [5.74, 6) is -1.28. The van der Waals surface area contributed by atoms with Crippen molar-refractivity contribution in [2.24, 2.45) is 5.14 Å². The van der Waals surface area contributed by atoms with Gasteiger partial charge in [-0.25, -0.2) is 9.10 Å². The number of aromatic carboxylic acids is 1. The standard InChI is InChI=1S/C28H30N4O3S/c1-27(2)23-14-17(30(3)4)8-11-20(23)28(21-12-9-18(31(5)6)15-24(21)27)22-13-16(26(34)35)7-10-19(22)25(33)32(28)36-29/h7-15H,29H2,1-6H3,(H,34,35). The van der Waals surface area contributed by atoms with Gasteiger partial charge in [0.05, 0.1) is 5.56 Å². The maximum atomic E-state index is 13.8. The lowest BCUT2D eigenvalue weighted by Gasteiger charge is -2.49. The Balaban J connectivity index is 1.98. The Morgan fingerprint density at radius 3 is 1.81 bits per heavy atom. The highest BCUT2D eigenvalue weighted by atomic mass is 32.2. The molecule has 1 aliphatic heterocycles. The number of amides is 1. The van der Waals surface area contributed by atoms with Gasteiger partial charge in [0, 0.05) is 68.2 Å². The van der Waals surface area contributed by atoms with Gasteiger partial charge in [-0.15, -0.1) is 0 Å². The molecule has 0 saturated carbocycles.